The molecular weight excluding hydrogens is 388 g/mol. The molecule has 0 bridgehead atoms. The normalized spacial score (nSPS) is 10.7. The van der Waals surface area contributed by atoms with E-state index in [2.05, 4.69) is 90.4 Å². The molecule has 32 heavy (non-hydrogen) atoms. The maximum Gasteiger partial charge on any atom is 0.115 e. The SMILES string of the molecule is C=C/C=C/C(C)c1ccccc1C/C(C)=C\C.C=CC=C.C=CCC.Oc1ccccc1. The highest BCUT2D eigenvalue weighted by molar-refractivity contribution is 5.35. The van der Waals surface area contributed by atoms with Crippen LogP contribution in [-0.2, 0) is 6.42 Å². The molecule has 0 spiro atoms. The van der Waals surface area contributed by atoms with Crippen LogP contribution < -0.4 is 0 Å². The van der Waals surface area contributed by atoms with E-state index in [1.807, 2.05) is 24.3 Å². The highest BCUT2D eigenvalue weighted by Gasteiger charge is 2.07. The zero-order chi connectivity index (χ0) is 24.6. The van der Waals surface area contributed by atoms with E-state index >= 15 is 0 Å². The van der Waals surface area contributed by atoms with E-state index in [4.69, 9.17) is 5.11 Å². The van der Waals surface area contributed by atoms with Crippen LogP contribution in [0.5, 0.6) is 5.75 Å². The average molecular weight is 431 g/mol. The Balaban J connectivity index is 0. The predicted molar refractivity (Wildman–Crippen MR) is 146 cm³/mol. The number of benzene rings is 2. The van der Waals surface area contributed by atoms with Crippen molar-refractivity contribution < 1.29 is 5.11 Å². The summed E-state index contributed by atoms with van der Waals surface area (Å²) < 4.78 is 0. The van der Waals surface area contributed by atoms with Gasteiger partial charge in [-0.2, -0.15) is 0 Å². The summed E-state index contributed by atoms with van der Waals surface area (Å²) in [6.45, 7) is 22.5. The molecule has 2 rings (SSSR count). The van der Waals surface area contributed by atoms with Crippen LogP contribution in [0.25, 0.3) is 0 Å². The summed E-state index contributed by atoms with van der Waals surface area (Å²) in [5, 5.41) is 8.63. The van der Waals surface area contributed by atoms with Gasteiger partial charge in [-0.1, -0.05) is 124 Å². The second-order valence-electron chi connectivity index (χ2n) is 6.92. The standard InChI is InChI=1S/C17H22.C6H6O.C4H8.C4H6/c1-5-7-10-15(4)17-12-9-8-11-16(17)13-14(3)6-2;7-6-4-2-1-3-5-6;2*1-3-4-2/h5-12,15H,1,13H2,2-4H3;1-5,7H;3H,1,4H2,2H3;3-4H,1-2H2/b10-7+,14-6-;;;. The van der Waals surface area contributed by atoms with Gasteiger partial charge >= 0.3 is 0 Å². The Morgan fingerprint density at radius 2 is 1.44 bits per heavy atom. The van der Waals surface area contributed by atoms with E-state index in [1.165, 1.54) is 16.7 Å². The van der Waals surface area contributed by atoms with Crippen LogP contribution in [0.3, 0.4) is 0 Å². The van der Waals surface area contributed by atoms with Gasteiger partial charge in [0.25, 0.3) is 0 Å². The van der Waals surface area contributed by atoms with Crippen LogP contribution in [0.2, 0.25) is 0 Å². The van der Waals surface area contributed by atoms with Crippen molar-refractivity contribution >= 4 is 0 Å². The van der Waals surface area contributed by atoms with Crippen molar-refractivity contribution in [1.29, 1.82) is 0 Å². The summed E-state index contributed by atoms with van der Waals surface area (Å²) >= 11 is 0. The fourth-order valence-electron chi connectivity index (χ4n) is 2.32. The minimum Gasteiger partial charge on any atom is -0.508 e. The third-order valence-electron chi connectivity index (χ3n) is 4.26. The van der Waals surface area contributed by atoms with Gasteiger partial charge in [0.2, 0.25) is 0 Å². The third-order valence-corrected chi connectivity index (χ3v) is 4.26. The van der Waals surface area contributed by atoms with E-state index in [1.54, 1.807) is 36.4 Å². The molecule has 2 aromatic carbocycles. The summed E-state index contributed by atoms with van der Waals surface area (Å²) in [5.41, 5.74) is 4.24. The Bertz CT molecular complexity index is 803. The van der Waals surface area contributed by atoms with Crippen LogP contribution in [0.15, 0.2) is 129 Å². The molecule has 0 saturated carbocycles. The molecule has 1 nitrogen and oxygen atoms in total. The molecular formula is C31H42O. The van der Waals surface area contributed by atoms with Gasteiger partial charge in [0, 0.05) is 0 Å². The number of allylic oxidation sites excluding steroid dienone is 8. The van der Waals surface area contributed by atoms with Crippen molar-refractivity contribution in [3.8, 4) is 5.75 Å². The van der Waals surface area contributed by atoms with Crippen LogP contribution in [-0.4, -0.2) is 5.11 Å². The van der Waals surface area contributed by atoms with E-state index < -0.39 is 0 Å². The number of para-hydroxylation sites is 1. The molecule has 172 valence electrons. The maximum atomic E-state index is 8.63. The Hall–Kier alpha value is -3.32. The molecule has 0 aliphatic carbocycles. The lowest BCUT2D eigenvalue weighted by Crippen LogP contribution is -1.98. The fraction of sp³-hybridized carbons (Fsp3) is 0.226. The second-order valence-corrected chi connectivity index (χ2v) is 6.92. The molecule has 0 fully saturated rings. The first-order valence-corrected chi connectivity index (χ1v) is 11.0. The molecule has 0 aliphatic heterocycles. The summed E-state index contributed by atoms with van der Waals surface area (Å²) in [7, 11) is 0. The molecule has 0 heterocycles. The number of phenolic OH excluding ortho intramolecular Hbond substituents is 1. The maximum absolute atomic E-state index is 8.63. The first kappa shape index (κ1) is 30.9. The van der Waals surface area contributed by atoms with Gasteiger partial charge in [-0.05, 0) is 55.9 Å². The van der Waals surface area contributed by atoms with Gasteiger partial charge in [-0.15, -0.1) is 6.58 Å². The Morgan fingerprint density at radius 3 is 1.84 bits per heavy atom. The Kier molecular flexibility index (Phi) is 21.6. The van der Waals surface area contributed by atoms with Crippen molar-refractivity contribution in [1.82, 2.24) is 0 Å². The minimum absolute atomic E-state index is 0.322. The first-order valence-electron chi connectivity index (χ1n) is 11.0. The Morgan fingerprint density at radius 1 is 0.906 bits per heavy atom. The van der Waals surface area contributed by atoms with E-state index in [0.717, 1.165) is 12.8 Å². The van der Waals surface area contributed by atoms with Gasteiger partial charge in [0.05, 0.1) is 0 Å². The first-order chi connectivity index (χ1) is 15.4. The summed E-state index contributed by atoms with van der Waals surface area (Å²) in [6, 6.07) is 17.4. The van der Waals surface area contributed by atoms with Crippen molar-refractivity contribution in [3.05, 3.63) is 140 Å². The van der Waals surface area contributed by atoms with Crippen molar-refractivity contribution in [2.45, 2.75) is 46.5 Å². The fourth-order valence-corrected chi connectivity index (χ4v) is 2.32. The lowest BCUT2D eigenvalue weighted by molar-refractivity contribution is 0.475. The lowest BCUT2D eigenvalue weighted by atomic mass is 9.92. The van der Waals surface area contributed by atoms with E-state index in [9.17, 15) is 0 Å². The molecule has 0 aliphatic rings. The van der Waals surface area contributed by atoms with Crippen LogP contribution in [0.1, 0.15) is 51.2 Å². The van der Waals surface area contributed by atoms with Crippen LogP contribution in [0.4, 0.5) is 0 Å². The number of hydrogen-bond acceptors (Lipinski definition) is 1. The highest BCUT2D eigenvalue weighted by atomic mass is 16.3. The largest absolute Gasteiger partial charge is 0.508 e. The molecule has 1 N–H and O–H groups in total. The molecule has 1 atom stereocenters. The Labute approximate surface area is 197 Å². The summed E-state index contributed by atoms with van der Waals surface area (Å²) in [4.78, 5) is 0. The second kappa shape index (κ2) is 22.4. The topological polar surface area (TPSA) is 20.2 Å². The van der Waals surface area contributed by atoms with Gasteiger partial charge in [0.1, 0.15) is 5.75 Å². The van der Waals surface area contributed by atoms with E-state index in [-0.39, 0.29) is 0 Å². The van der Waals surface area contributed by atoms with Crippen molar-refractivity contribution in [3.63, 3.8) is 0 Å². The average Bonchev–Trinajstić information content (AvgIpc) is 2.84. The zero-order valence-corrected chi connectivity index (χ0v) is 20.5. The lowest BCUT2D eigenvalue weighted by Gasteiger charge is -2.13. The summed E-state index contributed by atoms with van der Waals surface area (Å²) in [5.74, 6) is 0.761. The van der Waals surface area contributed by atoms with Crippen molar-refractivity contribution in [2.75, 3.05) is 0 Å². The number of aromatic hydroxyl groups is 1. The molecule has 0 saturated heterocycles. The van der Waals surface area contributed by atoms with Crippen LogP contribution in [0, 0.1) is 0 Å². The molecule has 1 unspecified atom stereocenters. The highest BCUT2D eigenvalue weighted by Crippen LogP contribution is 2.23. The summed E-state index contributed by atoms with van der Waals surface area (Å²) in [6.07, 6.45) is 15.5. The molecule has 0 radical (unpaired) electrons. The predicted octanol–water partition coefficient (Wildman–Crippen LogP) is 9.37. The molecule has 0 aromatic heterocycles. The third kappa shape index (κ3) is 17.5. The zero-order valence-electron chi connectivity index (χ0n) is 20.5. The number of hydrogen-bond donors (Lipinski definition) is 1. The number of phenols is 1. The molecule has 2 aromatic rings. The monoisotopic (exact) mass is 430 g/mol. The number of rotatable bonds is 7. The van der Waals surface area contributed by atoms with Crippen molar-refractivity contribution in [2.24, 2.45) is 0 Å². The van der Waals surface area contributed by atoms with Gasteiger partial charge in [-0.3, -0.25) is 0 Å². The van der Waals surface area contributed by atoms with Gasteiger partial charge in [0.15, 0.2) is 0 Å². The van der Waals surface area contributed by atoms with Gasteiger partial charge in [-0.25, -0.2) is 0 Å². The van der Waals surface area contributed by atoms with E-state index in [0.29, 0.717) is 11.7 Å². The van der Waals surface area contributed by atoms with Crippen LogP contribution >= 0.6 is 0 Å². The molecule has 0 amide bonds. The molecule has 1 heteroatoms. The minimum atomic E-state index is 0.322. The smallest absolute Gasteiger partial charge is 0.115 e. The van der Waals surface area contributed by atoms with Gasteiger partial charge < -0.3 is 5.11 Å². The quantitative estimate of drug-likeness (QED) is 0.342.